The van der Waals surface area contributed by atoms with Gasteiger partial charge in [0.1, 0.15) is 5.82 Å². The van der Waals surface area contributed by atoms with E-state index in [9.17, 15) is 9.18 Å². The van der Waals surface area contributed by atoms with Gasteiger partial charge in [-0.25, -0.2) is 4.39 Å². The molecule has 0 saturated carbocycles. The Hall–Kier alpha value is -1.33. The molecule has 0 aromatic heterocycles. The lowest BCUT2D eigenvalue weighted by atomic mass is 10.2. The van der Waals surface area contributed by atoms with Crippen LogP contribution in [-0.4, -0.2) is 18.2 Å². The zero-order valence-corrected chi connectivity index (χ0v) is 13.0. The third kappa shape index (κ3) is 4.35. The Kier molecular flexibility index (Phi) is 5.61. The number of hydrogen-bond donors (Lipinski definition) is 1. The van der Waals surface area contributed by atoms with Gasteiger partial charge in [0.2, 0.25) is 0 Å². The van der Waals surface area contributed by atoms with Crippen molar-refractivity contribution in [3.8, 4) is 0 Å². The highest BCUT2D eigenvalue weighted by Gasteiger charge is 2.09. The highest BCUT2D eigenvalue weighted by atomic mass is 79.9. The maximum Gasteiger partial charge on any atom is 0.252 e. The summed E-state index contributed by atoms with van der Waals surface area (Å²) in [6.45, 7) is 0.558. The molecular formula is C15H13BrFNOS. The summed E-state index contributed by atoms with van der Waals surface area (Å²) in [6, 6.07) is 14.0. The normalized spacial score (nSPS) is 10.3. The van der Waals surface area contributed by atoms with E-state index in [1.807, 2.05) is 30.3 Å². The van der Waals surface area contributed by atoms with Crippen LogP contribution in [0, 0.1) is 5.82 Å². The largest absolute Gasteiger partial charge is 0.351 e. The second-order valence-corrected chi connectivity index (χ2v) is 6.06. The van der Waals surface area contributed by atoms with Gasteiger partial charge in [0.15, 0.2) is 0 Å². The van der Waals surface area contributed by atoms with Gasteiger partial charge in [0.25, 0.3) is 5.91 Å². The van der Waals surface area contributed by atoms with E-state index in [4.69, 9.17) is 0 Å². The van der Waals surface area contributed by atoms with Gasteiger partial charge in [0.05, 0.1) is 5.56 Å². The van der Waals surface area contributed by atoms with E-state index < -0.39 is 0 Å². The van der Waals surface area contributed by atoms with Crippen molar-refractivity contribution in [2.75, 3.05) is 12.3 Å². The topological polar surface area (TPSA) is 29.1 Å². The van der Waals surface area contributed by atoms with Crippen molar-refractivity contribution in [3.63, 3.8) is 0 Å². The molecule has 2 aromatic carbocycles. The van der Waals surface area contributed by atoms with E-state index >= 15 is 0 Å². The van der Waals surface area contributed by atoms with Gasteiger partial charge in [-0.15, -0.1) is 11.8 Å². The molecule has 2 nitrogen and oxygen atoms in total. The molecule has 0 spiro atoms. The van der Waals surface area contributed by atoms with E-state index in [1.165, 1.54) is 23.1 Å². The molecule has 1 N–H and O–H groups in total. The van der Waals surface area contributed by atoms with Crippen molar-refractivity contribution < 1.29 is 9.18 Å². The molecule has 0 aliphatic rings. The van der Waals surface area contributed by atoms with Crippen molar-refractivity contribution in [3.05, 3.63) is 64.4 Å². The molecule has 0 unspecified atom stereocenters. The fourth-order valence-electron chi connectivity index (χ4n) is 1.62. The zero-order valence-electron chi connectivity index (χ0n) is 10.6. The Balaban J connectivity index is 1.80. The molecule has 1 amide bonds. The SMILES string of the molecule is O=C(NCCSc1ccccc1)c1ccc(F)cc1Br. The molecule has 0 radical (unpaired) electrons. The molecule has 104 valence electrons. The molecule has 0 bridgehead atoms. The zero-order chi connectivity index (χ0) is 14.4. The first-order valence-corrected chi connectivity index (χ1v) is 7.86. The summed E-state index contributed by atoms with van der Waals surface area (Å²) in [5, 5.41) is 2.82. The van der Waals surface area contributed by atoms with E-state index in [0.717, 1.165) is 5.75 Å². The molecular weight excluding hydrogens is 341 g/mol. The first-order valence-electron chi connectivity index (χ1n) is 6.08. The van der Waals surface area contributed by atoms with Crippen LogP contribution < -0.4 is 5.32 Å². The number of hydrogen-bond acceptors (Lipinski definition) is 2. The monoisotopic (exact) mass is 353 g/mol. The lowest BCUT2D eigenvalue weighted by molar-refractivity contribution is 0.0955. The molecule has 0 heterocycles. The van der Waals surface area contributed by atoms with E-state index in [0.29, 0.717) is 16.6 Å². The number of thioether (sulfide) groups is 1. The Morgan fingerprint density at radius 3 is 2.65 bits per heavy atom. The number of amides is 1. The number of nitrogens with one attached hydrogen (secondary N) is 1. The summed E-state index contributed by atoms with van der Waals surface area (Å²) < 4.78 is 13.4. The molecule has 2 aromatic rings. The lowest BCUT2D eigenvalue weighted by Gasteiger charge is -2.07. The van der Waals surface area contributed by atoms with Crippen LogP contribution in [0.1, 0.15) is 10.4 Å². The van der Waals surface area contributed by atoms with Crippen LogP contribution in [0.2, 0.25) is 0 Å². The van der Waals surface area contributed by atoms with Gasteiger partial charge in [-0.1, -0.05) is 18.2 Å². The quantitative estimate of drug-likeness (QED) is 0.647. The Morgan fingerprint density at radius 1 is 1.20 bits per heavy atom. The van der Waals surface area contributed by atoms with Crippen LogP contribution in [0.4, 0.5) is 4.39 Å². The predicted molar refractivity (Wildman–Crippen MR) is 83.6 cm³/mol. The third-order valence-corrected chi connectivity index (χ3v) is 4.25. The molecule has 0 atom stereocenters. The number of rotatable bonds is 5. The summed E-state index contributed by atoms with van der Waals surface area (Å²) in [6.07, 6.45) is 0. The molecule has 0 saturated heterocycles. The minimum absolute atomic E-state index is 0.203. The second-order valence-electron chi connectivity index (χ2n) is 4.04. The highest BCUT2D eigenvalue weighted by Crippen LogP contribution is 2.18. The average Bonchev–Trinajstić information content (AvgIpc) is 2.44. The maximum absolute atomic E-state index is 12.9. The minimum Gasteiger partial charge on any atom is -0.351 e. The number of halogens is 2. The van der Waals surface area contributed by atoms with Crippen LogP contribution in [0.15, 0.2) is 57.9 Å². The Bertz CT molecular complexity index is 592. The summed E-state index contributed by atoms with van der Waals surface area (Å²) in [5.74, 6) is 0.216. The van der Waals surface area contributed by atoms with E-state index in [2.05, 4.69) is 21.2 Å². The lowest BCUT2D eigenvalue weighted by Crippen LogP contribution is -2.26. The maximum atomic E-state index is 12.9. The predicted octanol–water partition coefficient (Wildman–Crippen LogP) is 4.11. The standard InChI is InChI=1S/C15H13BrFNOS/c16-14-10-11(17)6-7-13(14)15(19)18-8-9-20-12-4-2-1-3-5-12/h1-7,10H,8-9H2,(H,18,19). The van der Waals surface area contributed by atoms with Crippen LogP contribution >= 0.6 is 27.7 Å². The van der Waals surface area contributed by atoms with Gasteiger partial charge in [-0.3, -0.25) is 4.79 Å². The van der Waals surface area contributed by atoms with Crippen molar-refractivity contribution >= 4 is 33.6 Å². The molecule has 0 fully saturated rings. The summed E-state index contributed by atoms with van der Waals surface area (Å²) in [5.41, 5.74) is 0.441. The Labute approximate surface area is 129 Å². The average molecular weight is 354 g/mol. The van der Waals surface area contributed by atoms with E-state index in [1.54, 1.807) is 11.8 Å². The molecule has 0 aliphatic carbocycles. The third-order valence-electron chi connectivity index (χ3n) is 2.58. The fourth-order valence-corrected chi connectivity index (χ4v) is 2.94. The smallest absolute Gasteiger partial charge is 0.252 e. The van der Waals surface area contributed by atoms with Gasteiger partial charge in [0, 0.05) is 21.7 Å². The highest BCUT2D eigenvalue weighted by molar-refractivity contribution is 9.10. The Morgan fingerprint density at radius 2 is 1.95 bits per heavy atom. The number of benzene rings is 2. The first-order chi connectivity index (χ1) is 9.66. The fraction of sp³-hybridized carbons (Fsp3) is 0.133. The van der Waals surface area contributed by atoms with Crippen LogP contribution in [-0.2, 0) is 0 Å². The van der Waals surface area contributed by atoms with Gasteiger partial charge in [-0.05, 0) is 46.3 Å². The summed E-state index contributed by atoms with van der Waals surface area (Å²) >= 11 is 4.87. The van der Waals surface area contributed by atoms with E-state index in [-0.39, 0.29) is 11.7 Å². The van der Waals surface area contributed by atoms with Crippen molar-refractivity contribution in [2.45, 2.75) is 4.90 Å². The molecule has 20 heavy (non-hydrogen) atoms. The van der Waals surface area contributed by atoms with Gasteiger partial charge in [-0.2, -0.15) is 0 Å². The van der Waals surface area contributed by atoms with Crippen LogP contribution in [0.3, 0.4) is 0 Å². The molecule has 0 aliphatic heterocycles. The number of carbonyl (C=O) groups excluding carboxylic acids is 1. The minimum atomic E-state index is -0.368. The first kappa shape index (κ1) is 15.1. The van der Waals surface area contributed by atoms with Crippen molar-refractivity contribution in [1.82, 2.24) is 5.32 Å². The molecule has 2 rings (SSSR count). The van der Waals surface area contributed by atoms with Crippen LogP contribution in [0.5, 0.6) is 0 Å². The summed E-state index contributed by atoms with van der Waals surface area (Å²) in [4.78, 5) is 13.1. The second kappa shape index (κ2) is 7.45. The number of carbonyl (C=O) groups is 1. The van der Waals surface area contributed by atoms with Crippen molar-refractivity contribution in [2.24, 2.45) is 0 Å². The van der Waals surface area contributed by atoms with Gasteiger partial charge >= 0.3 is 0 Å². The summed E-state index contributed by atoms with van der Waals surface area (Å²) in [7, 11) is 0. The molecule has 5 heteroatoms. The van der Waals surface area contributed by atoms with Gasteiger partial charge < -0.3 is 5.32 Å². The van der Waals surface area contributed by atoms with Crippen LogP contribution in [0.25, 0.3) is 0 Å². The van der Waals surface area contributed by atoms with Crippen molar-refractivity contribution in [1.29, 1.82) is 0 Å².